The van der Waals surface area contributed by atoms with Crippen molar-refractivity contribution in [2.24, 2.45) is 5.73 Å². The number of anilines is 2. The average molecular weight is 987 g/mol. The largest absolute Gasteiger partial charge is 0.739 e. The van der Waals surface area contributed by atoms with Crippen LogP contribution in [0.5, 0.6) is 0 Å². The standard InChI is InChI=1S/C9H12N2O5S.C7H6N4O2.C6H12N3PS.C6H8O7.C5H5N5S/c10-8(15)3-2-17-9(11-3)7-6(14)5(13)4(1-12)16-7;8-7-9-11(13)6-4-2-1-3-5(6)10(7)12;11-10(7-1-2-7,8-3-4-8)9-5-6-9;7-3(8)1-6(13,5(11)12)2-4(9)10;6-5-9-3-2(4(11)10-5)7-1-8-3/h2,4-7,12-14H,1H2,(H2,10,15);1-4H,(H2,8,9);1-6H2;13H,1-2H2,(H,7,8)(H,9,10)(H,11,12);1H,(H4,6,7,8,9,10,11)/t4-,5-,6-,7-;;;;/m1..../s1. The second-order valence-electron chi connectivity index (χ2n) is 14.1. The number of aromatic nitrogens is 8. The summed E-state index contributed by atoms with van der Waals surface area (Å²) in [6.45, 7) is 5.86. The van der Waals surface area contributed by atoms with Gasteiger partial charge < -0.3 is 72.3 Å². The van der Waals surface area contributed by atoms with Crippen LogP contribution in [0.15, 0.2) is 36.0 Å². The summed E-state index contributed by atoms with van der Waals surface area (Å²) in [7, 11) is 0. The maximum absolute atomic E-state index is 11.3. The van der Waals surface area contributed by atoms with E-state index in [1.807, 2.05) is 0 Å². The monoisotopic (exact) mass is 986 g/mol. The Morgan fingerprint density at radius 2 is 1.51 bits per heavy atom. The summed E-state index contributed by atoms with van der Waals surface area (Å²) in [5, 5.41) is 89.5. The molecule has 4 aromatic heterocycles. The summed E-state index contributed by atoms with van der Waals surface area (Å²) in [4.78, 5) is 59.0. The lowest BCUT2D eigenvalue weighted by Crippen LogP contribution is -2.44. The predicted molar refractivity (Wildman–Crippen MR) is 231 cm³/mol. The number of rotatable bonds is 11. The van der Waals surface area contributed by atoms with Gasteiger partial charge in [0.25, 0.3) is 11.4 Å². The van der Waals surface area contributed by atoms with Gasteiger partial charge in [-0.25, -0.2) is 38.5 Å². The number of benzene rings is 1. The van der Waals surface area contributed by atoms with Crippen molar-refractivity contribution in [1.29, 1.82) is 0 Å². The van der Waals surface area contributed by atoms with Crippen molar-refractivity contribution in [2.75, 3.05) is 57.3 Å². The summed E-state index contributed by atoms with van der Waals surface area (Å²) in [6.07, 6.45) is -4.80. The van der Waals surface area contributed by atoms with Gasteiger partial charge in [-0.05, 0) is 17.9 Å². The lowest BCUT2D eigenvalue weighted by Gasteiger charge is -2.25. The van der Waals surface area contributed by atoms with Gasteiger partial charge in [-0.3, -0.25) is 20.1 Å². The van der Waals surface area contributed by atoms with Crippen LogP contribution in [-0.2, 0) is 30.9 Å². The van der Waals surface area contributed by atoms with Gasteiger partial charge in [0.15, 0.2) is 21.4 Å². The molecule has 0 bridgehead atoms. The molecule has 0 spiro atoms. The van der Waals surface area contributed by atoms with Crippen molar-refractivity contribution in [3.8, 4) is 0 Å². The normalized spacial score (nSPS) is 20.1. The Balaban J connectivity index is 0.000000154. The molecule has 32 heteroatoms. The number of nitrogen functional groups attached to an aromatic ring is 2. The fourth-order valence-corrected chi connectivity index (χ4v) is 11.3. The number of carbonyl (C=O) groups excluding carboxylic acids is 1. The molecule has 15 N–H and O–H groups in total. The molecule has 4 aliphatic rings. The number of aliphatic carboxylic acids is 3. The van der Waals surface area contributed by atoms with Gasteiger partial charge in [0, 0.05) is 55.6 Å². The zero-order chi connectivity index (χ0) is 48.0. The first kappa shape index (κ1) is 50.3. The number of thiazole rings is 1. The highest BCUT2D eigenvalue weighted by atomic mass is 32.4. The number of hydrogen-bond donors (Lipinski definition) is 12. The molecule has 0 saturated carbocycles. The first-order valence-corrected chi connectivity index (χ1v) is 22.8. The molecule has 5 aromatic rings. The van der Waals surface area contributed by atoms with E-state index in [0.29, 0.717) is 30.4 Å². The SMILES string of the molecule is NC(=O)c1csc([C@@H]2O[C@H](CO)[C@@H](O)[C@H]2O)n1.Nc1n[n+]([O-])c2ccccc2[n+]1[O-].Nc1nc(=S)c2[nH]cnc2[nH]1.O=C(O)CC(O)(CC(=O)O)C(=O)O.S=P(N1CC1)(N1CC1)N1CC1. The second kappa shape index (κ2) is 21.1. The highest BCUT2D eigenvalue weighted by molar-refractivity contribution is 8.11. The maximum Gasteiger partial charge on any atom is 0.458 e. The van der Waals surface area contributed by atoms with Crippen LogP contribution in [0.3, 0.4) is 0 Å². The van der Waals surface area contributed by atoms with E-state index in [9.17, 15) is 39.8 Å². The fourth-order valence-electron chi connectivity index (χ4n) is 5.78. The number of aliphatic hydroxyl groups excluding tert-OH is 3. The van der Waals surface area contributed by atoms with E-state index in [2.05, 4.69) is 44.0 Å². The Morgan fingerprint density at radius 1 is 0.954 bits per heavy atom. The van der Waals surface area contributed by atoms with Crippen LogP contribution in [-0.4, -0.2) is 173 Å². The minimum atomic E-state index is -2.74. The van der Waals surface area contributed by atoms with Gasteiger partial charge in [0.2, 0.25) is 11.0 Å². The quantitative estimate of drug-likeness (QED) is 0.0206. The molecule has 352 valence electrons. The number of aliphatic hydroxyl groups is 4. The smallest absolute Gasteiger partial charge is 0.458 e. The van der Waals surface area contributed by atoms with Crippen LogP contribution in [0.1, 0.15) is 34.4 Å². The number of carboxylic acids is 3. The number of nitrogens with one attached hydrogen (secondary N) is 2. The summed E-state index contributed by atoms with van der Waals surface area (Å²) < 4.78 is 13.6. The fraction of sp³-hybridized carbons (Fsp3) is 0.424. The molecule has 0 radical (unpaired) electrons. The Bertz CT molecular complexity index is 2590. The minimum absolute atomic E-state index is 0.0859. The molecule has 9 rings (SSSR count). The molecule has 0 unspecified atom stereocenters. The lowest BCUT2D eigenvalue weighted by molar-refractivity contribution is -0.672. The van der Waals surface area contributed by atoms with Gasteiger partial charge in [-0.1, -0.05) is 24.4 Å². The van der Waals surface area contributed by atoms with Crippen molar-refractivity contribution in [3.63, 3.8) is 0 Å². The highest BCUT2D eigenvalue weighted by Gasteiger charge is 2.51. The molecule has 1 aromatic carbocycles. The van der Waals surface area contributed by atoms with E-state index in [0.717, 1.165) is 11.3 Å². The number of para-hydroxylation sites is 2. The van der Waals surface area contributed by atoms with Gasteiger partial charge in [-0.15, -0.1) is 11.3 Å². The summed E-state index contributed by atoms with van der Waals surface area (Å²) in [5.41, 5.74) is 14.8. The van der Waals surface area contributed by atoms with Crippen LogP contribution in [0, 0.1) is 15.1 Å². The van der Waals surface area contributed by atoms with E-state index in [-0.39, 0.29) is 28.6 Å². The number of fused-ring (bicyclic) bond motifs is 2. The van der Waals surface area contributed by atoms with Gasteiger partial charge in [0.1, 0.15) is 47.1 Å². The van der Waals surface area contributed by atoms with Gasteiger partial charge in [-0.2, -0.15) is 0 Å². The van der Waals surface area contributed by atoms with Crippen molar-refractivity contribution >= 4 is 99.8 Å². The zero-order valence-electron chi connectivity index (χ0n) is 33.6. The number of H-pyrrole nitrogens is 2. The third-order valence-corrected chi connectivity index (χ3v) is 15.9. The Kier molecular flexibility index (Phi) is 16.3. The molecule has 1 amide bonds. The Hall–Kier alpha value is -5.70. The number of carbonyl (C=O) groups is 4. The highest BCUT2D eigenvalue weighted by Crippen LogP contribution is 2.65. The van der Waals surface area contributed by atoms with Crippen LogP contribution in [0.2, 0.25) is 0 Å². The van der Waals surface area contributed by atoms with Crippen molar-refractivity contribution < 1.29 is 69.2 Å². The first-order chi connectivity index (χ1) is 30.6. The summed E-state index contributed by atoms with van der Waals surface area (Å²) >= 11 is 11.8. The number of nitrogens with two attached hydrogens (primary N) is 3. The van der Waals surface area contributed by atoms with Crippen LogP contribution >= 0.6 is 30.0 Å². The lowest BCUT2D eigenvalue weighted by atomic mass is 9.96. The molecule has 65 heavy (non-hydrogen) atoms. The molecular formula is C33H43N14O14PS3. The third kappa shape index (κ3) is 12.6. The molecule has 4 saturated heterocycles. The minimum Gasteiger partial charge on any atom is -0.739 e. The molecule has 4 atom stereocenters. The van der Waals surface area contributed by atoms with Crippen molar-refractivity contribution in [1.82, 2.24) is 44.0 Å². The molecule has 4 fully saturated rings. The first-order valence-electron chi connectivity index (χ1n) is 18.8. The van der Waals surface area contributed by atoms with Crippen molar-refractivity contribution in [2.45, 2.75) is 42.9 Å². The van der Waals surface area contributed by atoms with Crippen LogP contribution < -0.4 is 26.8 Å². The van der Waals surface area contributed by atoms with Crippen LogP contribution in [0.4, 0.5) is 11.9 Å². The molecule has 28 nitrogen and oxygen atoms in total. The Morgan fingerprint density at radius 3 is 1.97 bits per heavy atom. The molecule has 0 aliphatic carbocycles. The topological polar surface area (TPSA) is 443 Å². The third-order valence-electron chi connectivity index (χ3n) is 9.25. The van der Waals surface area contributed by atoms with E-state index < -0.39 is 79.8 Å². The zero-order valence-corrected chi connectivity index (χ0v) is 36.9. The van der Waals surface area contributed by atoms with Crippen molar-refractivity contribution in [3.05, 3.63) is 61.7 Å². The van der Waals surface area contributed by atoms with E-state index in [1.54, 1.807) is 12.1 Å². The summed E-state index contributed by atoms with van der Waals surface area (Å²) in [6, 6.07) is 6.31. The number of amides is 1. The average Bonchev–Trinajstić information content (AvgIpc) is 4.17. The Labute approximate surface area is 379 Å². The van der Waals surface area contributed by atoms with E-state index in [1.165, 1.54) is 63.1 Å². The van der Waals surface area contributed by atoms with Gasteiger partial charge in [0.05, 0.1) is 25.8 Å². The number of nitrogens with zero attached hydrogens (tertiary/aromatic N) is 9. The van der Waals surface area contributed by atoms with E-state index in [4.69, 9.17) is 71.5 Å². The number of primary amides is 1. The van der Waals surface area contributed by atoms with Gasteiger partial charge >= 0.3 is 23.9 Å². The summed E-state index contributed by atoms with van der Waals surface area (Å²) in [5.74, 6) is -5.75. The predicted octanol–water partition coefficient (Wildman–Crippen LogP) is -3.01. The number of ether oxygens (including phenoxy) is 1. The molecule has 4 aliphatic heterocycles. The second-order valence-corrected chi connectivity index (χ2v) is 19.6. The maximum atomic E-state index is 11.3. The molecular weight excluding hydrogens is 944 g/mol. The number of carboxylic acid groups (broad SMARTS) is 3. The number of hydrogen-bond acceptors (Lipinski definition) is 20. The van der Waals surface area contributed by atoms with E-state index >= 15 is 0 Å². The number of imidazole rings is 1. The molecule has 8 heterocycles. The van der Waals surface area contributed by atoms with Crippen LogP contribution in [0.25, 0.3) is 22.2 Å². The number of aromatic amines is 2.